The number of nitrogens with zero attached hydrogens (tertiary/aromatic N) is 1. The molecule has 7 nitrogen and oxygen atoms in total. The van der Waals surface area contributed by atoms with E-state index in [4.69, 9.17) is 4.74 Å². The third-order valence-corrected chi connectivity index (χ3v) is 5.34. The van der Waals surface area contributed by atoms with Crippen molar-refractivity contribution in [3.05, 3.63) is 59.9 Å². The first-order valence-corrected chi connectivity index (χ1v) is 10.8. The van der Waals surface area contributed by atoms with Crippen molar-refractivity contribution in [1.29, 1.82) is 0 Å². The minimum Gasteiger partial charge on any atom is -0.489 e. The second kappa shape index (κ2) is 12.7. The fourth-order valence-corrected chi connectivity index (χ4v) is 3.30. The van der Waals surface area contributed by atoms with Crippen LogP contribution >= 0.6 is 24.0 Å². The van der Waals surface area contributed by atoms with Crippen molar-refractivity contribution in [2.24, 2.45) is 4.99 Å². The van der Waals surface area contributed by atoms with Crippen LogP contribution in [0.2, 0.25) is 0 Å². The summed E-state index contributed by atoms with van der Waals surface area (Å²) in [4.78, 5) is 4.69. The Kier molecular flexibility index (Phi) is 11.1. The molecule has 0 aliphatic carbocycles. The van der Waals surface area contributed by atoms with Gasteiger partial charge in [-0.3, -0.25) is 0 Å². The molecule has 1 atom stereocenters. The summed E-state index contributed by atoms with van der Waals surface area (Å²) >= 11 is 0. The summed E-state index contributed by atoms with van der Waals surface area (Å²) in [5, 5.41) is 6.30. The maximum Gasteiger partial charge on any atom is 0.240 e. The summed E-state index contributed by atoms with van der Waals surface area (Å²) < 4.78 is 45.1. The smallest absolute Gasteiger partial charge is 0.240 e. The van der Waals surface area contributed by atoms with Crippen LogP contribution in [0.4, 0.5) is 4.39 Å². The second-order valence-electron chi connectivity index (χ2n) is 6.32. The molecule has 0 heterocycles. The van der Waals surface area contributed by atoms with Crippen molar-refractivity contribution >= 4 is 40.0 Å². The Labute approximate surface area is 194 Å². The Morgan fingerprint density at radius 2 is 1.90 bits per heavy atom. The van der Waals surface area contributed by atoms with E-state index < -0.39 is 10.0 Å². The monoisotopic (exact) mass is 550 g/mol. The van der Waals surface area contributed by atoms with E-state index in [9.17, 15) is 12.8 Å². The highest BCUT2D eigenvalue weighted by Crippen LogP contribution is 2.14. The van der Waals surface area contributed by atoms with Gasteiger partial charge in [0.25, 0.3) is 0 Å². The molecule has 0 aromatic heterocycles. The number of nitrogens with one attached hydrogen (secondary N) is 3. The molecule has 2 rings (SSSR count). The fraction of sp³-hybridized carbons (Fsp3) is 0.350. The number of benzene rings is 2. The highest BCUT2D eigenvalue weighted by Gasteiger charge is 2.11. The molecule has 0 saturated heterocycles. The van der Waals surface area contributed by atoms with Crippen LogP contribution in [0, 0.1) is 5.82 Å². The first kappa shape index (κ1) is 26.1. The third kappa shape index (κ3) is 8.44. The molecule has 0 spiro atoms. The van der Waals surface area contributed by atoms with Crippen LogP contribution in [0.25, 0.3) is 0 Å². The van der Waals surface area contributed by atoms with Crippen molar-refractivity contribution in [3.8, 4) is 5.75 Å². The lowest BCUT2D eigenvalue weighted by atomic mass is 10.2. The number of sulfonamides is 1. The molecule has 30 heavy (non-hydrogen) atoms. The molecule has 2 aromatic carbocycles. The van der Waals surface area contributed by atoms with E-state index in [0.29, 0.717) is 31.3 Å². The van der Waals surface area contributed by atoms with Gasteiger partial charge in [0.1, 0.15) is 17.7 Å². The molecule has 1 unspecified atom stereocenters. The maximum atomic E-state index is 13.3. The summed E-state index contributed by atoms with van der Waals surface area (Å²) in [7, 11) is -2.12. The predicted octanol–water partition coefficient (Wildman–Crippen LogP) is 2.87. The molecule has 0 aliphatic rings. The molecule has 2 aromatic rings. The first-order chi connectivity index (χ1) is 13.8. The van der Waals surface area contributed by atoms with Crippen LogP contribution in [0.15, 0.2) is 58.4 Å². The molecule has 0 radical (unpaired) electrons. The molecule has 3 N–H and O–H groups in total. The Balaban J connectivity index is 0.00000450. The van der Waals surface area contributed by atoms with Gasteiger partial charge in [-0.15, -0.1) is 24.0 Å². The third-order valence-electron chi connectivity index (χ3n) is 3.93. The quantitative estimate of drug-likeness (QED) is 0.254. The van der Waals surface area contributed by atoms with E-state index in [1.54, 1.807) is 24.3 Å². The van der Waals surface area contributed by atoms with Crippen molar-refractivity contribution in [3.63, 3.8) is 0 Å². The molecule has 0 aliphatic heterocycles. The standard InChI is InChI=1S/C20H27FN4O3S.HI/c1-4-23-20(24-13-15(2)28-18-9-6-8-17(21)12-18)25-14-16-7-5-10-19(11-16)29(26,27)22-3;/h5-12,15,22H,4,13-14H2,1-3H3,(H2,23,24,25);1H. The van der Waals surface area contributed by atoms with Gasteiger partial charge in [0.15, 0.2) is 5.96 Å². The highest BCUT2D eigenvalue weighted by atomic mass is 127. The first-order valence-electron chi connectivity index (χ1n) is 9.31. The molecule has 0 bridgehead atoms. The molecule has 0 amide bonds. The average Bonchev–Trinajstić information content (AvgIpc) is 2.70. The minimum atomic E-state index is -3.50. The molecular formula is C20H28FIN4O3S. The van der Waals surface area contributed by atoms with E-state index in [1.165, 1.54) is 25.2 Å². The summed E-state index contributed by atoms with van der Waals surface area (Å²) in [5.41, 5.74) is 0.766. The molecule has 10 heteroatoms. The average molecular weight is 550 g/mol. The number of halogens is 2. The van der Waals surface area contributed by atoms with E-state index in [1.807, 2.05) is 19.9 Å². The minimum absolute atomic E-state index is 0. The van der Waals surface area contributed by atoms with Crippen molar-refractivity contribution < 1.29 is 17.5 Å². The Bertz CT molecular complexity index is 941. The molecule has 166 valence electrons. The normalized spacial score (nSPS) is 12.6. The zero-order valence-corrected chi connectivity index (χ0v) is 20.3. The summed E-state index contributed by atoms with van der Waals surface area (Å²) in [6, 6.07) is 12.6. The highest BCUT2D eigenvalue weighted by molar-refractivity contribution is 14.0. The number of hydrogen-bond donors (Lipinski definition) is 3. The van der Waals surface area contributed by atoms with E-state index in [-0.39, 0.29) is 40.8 Å². The Hall–Kier alpha value is -1.92. The van der Waals surface area contributed by atoms with Crippen LogP contribution < -0.4 is 20.1 Å². The van der Waals surface area contributed by atoms with Gasteiger partial charge in [-0.2, -0.15) is 0 Å². The Morgan fingerprint density at radius 3 is 2.57 bits per heavy atom. The van der Waals surface area contributed by atoms with Gasteiger partial charge < -0.3 is 15.4 Å². The van der Waals surface area contributed by atoms with Gasteiger partial charge in [-0.25, -0.2) is 22.5 Å². The zero-order chi connectivity index (χ0) is 21.3. The van der Waals surface area contributed by atoms with E-state index in [0.717, 1.165) is 5.56 Å². The number of guanidine groups is 1. The summed E-state index contributed by atoms with van der Waals surface area (Å²) in [6.07, 6.45) is -0.218. The topological polar surface area (TPSA) is 91.8 Å². The van der Waals surface area contributed by atoms with Crippen molar-refractivity contribution in [1.82, 2.24) is 15.4 Å². The van der Waals surface area contributed by atoms with Crippen LogP contribution in [0.3, 0.4) is 0 Å². The molecule has 0 saturated carbocycles. The van der Waals surface area contributed by atoms with Crippen LogP contribution in [0.1, 0.15) is 19.4 Å². The van der Waals surface area contributed by atoms with Gasteiger partial charge in [0.05, 0.1) is 18.0 Å². The van der Waals surface area contributed by atoms with Crippen LogP contribution in [-0.2, 0) is 16.6 Å². The van der Waals surface area contributed by atoms with Crippen LogP contribution in [0.5, 0.6) is 5.75 Å². The molecular weight excluding hydrogens is 522 g/mol. The predicted molar refractivity (Wildman–Crippen MR) is 127 cm³/mol. The lowest BCUT2D eigenvalue weighted by molar-refractivity contribution is 0.223. The largest absolute Gasteiger partial charge is 0.489 e. The lowest BCUT2D eigenvalue weighted by Crippen LogP contribution is -2.41. The number of rotatable bonds is 9. The summed E-state index contributed by atoms with van der Waals surface area (Å²) in [5.74, 6) is 0.688. The zero-order valence-electron chi connectivity index (χ0n) is 17.2. The van der Waals surface area contributed by atoms with E-state index >= 15 is 0 Å². The van der Waals surface area contributed by atoms with Crippen molar-refractivity contribution in [2.45, 2.75) is 31.4 Å². The fourth-order valence-electron chi connectivity index (χ4n) is 2.50. The van der Waals surface area contributed by atoms with E-state index in [2.05, 4.69) is 20.3 Å². The summed E-state index contributed by atoms with van der Waals surface area (Å²) in [6.45, 7) is 5.24. The number of hydrogen-bond acceptors (Lipinski definition) is 4. The van der Waals surface area contributed by atoms with Gasteiger partial charge in [-0.05, 0) is 50.7 Å². The van der Waals surface area contributed by atoms with Gasteiger partial charge >= 0.3 is 0 Å². The van der Waals surface area contributed by atoms with Crippen molar-refractivity contribution in [2.75, 3.05) is 20.1 Å². The number of ether oxygens (including phenoxy) is 1. The van der Waals surface area contributed by atoms with Crippen LogP contribution in [-0.4, -0.2) is 40.6 Å². The van der Waals surface area contributed by atoms with Gasteiger partial charge in [0, 0.05) is 12.6 Å². The lowest BCUT2D eigenvalue weighted by Gasteiger charge is -2.17. The molecule has 0 fully saturated rings. The second-order valence-corrected chi connectivity index (χ2v) is 8.20. The SMILES string of the molecule is CCNC(=NCc1cccc(S(=O)(=O)NC)c1)NCC(C)Oc1cccc(F)c1.I. The van der Waals surface area contributed by atoms with Gasteiger partial charge in [0.2, 0.25) is 10.0 Å². The number of aliphatic imine (C=N–C) groups is 1. The maximum absolute atomic E-state index is 13.3. The van der Waals surface area contributed by atoms with Gasteiger partial charge in [-0.1, -0.05) is 18.2 Å². The Morgan fingerprint density at radius 1 is 1.17 bits per heavy atom.